The Morgan fingerprint density at radius 2 is 1.83 bits per heavy atom. The Morgan fingerprint density at radius 3 is 2.60 bits per heavy atom. The van der Waals surface area contributed by atoms with Crippen LogP contribution in [-0.2, 0) is 22.6 Å². The fraction of sp³-hybridized carbons (Fsp3) is 0.308. The molecule has 0 spiro atoms. The second-order valence-corrected chi connectivity index (χ2v) is 8.18. The molecule has 184 valence electrons. The minimum atomic E-state index is -0.370. The number of para-hydroxylation sites is 1. The van der Waals surface area contributed by atoms with E-state index in [-0.39, 0.29) is 38.4 Å². The van der Waals surface area contributed by atoms with Crippen molar-refractivity contribution in [2.24, 2.45) is 0 Å². The number of hydrogen-bond acceptors (Lipinski definition) is 6. The lowest BCUT2D eigenvalue weighted by molar-refractivity contribution is -0.133. The lowest BCUT2D eigenvalue weighted by Gasteiger charge is -2.27. The maximum Gasteiger partial charge on any atom is 0.322 e. The van der Waals surface area contributed by atoms with Gasteiger partial charge in [-0.2, -0.15) is 0 Å². The Hall–Kier alpha value is -3.98. The zero-order valence-corrected chi connectivity index (χ0v) is 19.9. The van der Waals surface area contributed by atoms with Gasteiger partial charge in [0, 0.05) is 25.9 Å². The third kappa shape index (κ3) is 6.33. The summed E-state index contributed by atoms with van der Waals surface area (Å²) < 4.78 is 21.5. The van der Waals surface area contributed by atoms with Crippen LogP contribution in [0.2, 0.25) is 0 Å². The van der Waals surface area contributed by atoms with Crippen molar-refractivity contribution in [1.82, 2.24) is 9.80 Å². The van der Waals surface area contributed by atoms with Crippen LogP contribution in [-0.4, -0.2) is 55.3 Å². The van der Waals surface area contributed by atoms with E-state index in [4.69, 9.17) is 18.6 Å². The summed E-state index contributed by atoms with van der Waals surface area (Å²) in [7, 11) is 1.56. The van der Waals surface area contributed by atoms with Crippen LogP contribution >= 0.6 is 0 Å². The number of carbonyl (C=O) groups excluding carboxylic acids is 2. The topological polar surface area (TPSA) is 93.5 Å². The van der Waals surface area contributed by atoms with E-state index in [0.717, 1.165) is 11.1 Å². The molecule has 1 aromatic heterocycles. The molecule has 1 N–H and O–H groups in total. The van der Waals surface area contributed by atoms with E-state index in [0.29, 0.717) is 36.1 Å². The predicted molar refractivity (Wildman–Crippen MR) is 129 cm³/mol. The first-order valence-electron chi connectivity index (χ1n) is 11.3. The molecule has 0 radical (unpaired) electrons. The molecular weight excluding hydrogens is 450 g/mol. The maximum atomic E-state index is 13.5. The van der Waals surface area contributed by atoms with Gasteiger partial charge in [0.15, 0.2) is 11.5 Å². The molecule has 9 nitrogen and oxygen atoms in total. The molecule has 4 rings (SSSR count). The fourth-order valence-corrected chi connectivity index (χ4v) is 3.71. The molecule has 0 bridgehead atoms. The van der Waals surface area contributed by atoms with Gasteiger partial charge in [0.25, 0.3) is 0 Å². The van der Waals surface area contributed by atoms with Crippen LogP contribution in [0.4, 0.5) is 10.5 Å². The van der Waals surface area contributed by atoms with E-state index >= 15 is 0 Å². The molecule has 0 saturated carbocycles. The molecule has 3 aromatic rings. The number of urea groups is 1. The van der Waals surface area contributed by atoms with Crippen molar-refractivity contribution in [1.29, 1.82) is 0 Å². The lowest BCUT2D eigenvalue weighted by Crippen LogP contribution is -2.45. The minimum Gasteiger partial charge on any atom is -0.467 e. The smallest absolute Gasteiger partial charge is 0.322 e. The number of ether oxygens (including phenoxy) is 3. The summed E-state index contributed by atoms with van der Waals surface area (Å²) >= 11 is 0. The Balaban J connectivity index is 1.50. The normalized spacial score (nSPS) is 11.8. The monoisotopic (exact) mass is 479 g/mol. The summed E-state index contributed by atoms with van der Waals surface area (Å²) in [6.07, 6.45) is 1.57. The summed E-state index contributed by atoms with van der Waals surface area (Å²) in [5.74, 6) is 1.74. The Labute approximate surface area is 204 Å². The zero-order valence-electron chi connectivity index (χ0n) is 19.9. The molecule has 1 aliphatic heterocycles. The number of anilines is 1. The van der Waals surface area contributed by atoms with Crippen molar-refractivity contribution < 1.29 is 28.2 Å². The van der Waals surface area contributed by atoms with Gasteiger partial charge in [0.2, 0.25) is 12.7 Å². The second-order valence-electron chi connectivity index (χ2n) is 8.18. The van der Waals surface area contributed by atoms with Gasteiger partial charge >= 0.3 is 6.03 Å². The van der Waals surface area contributed by atoms with Crippen LogP contribution in [0.15, 0.2) is 65.3 Å². The highest BCUT2D eigenvalue weighted by Crippen LogP contribution is 2.33. The average molecular weight is 480 g/mol. The first kappa shape index (κ1) is 24.2. The van der Waals surface area contributed by atoms with Crippen LogP contribution in [0.5, 0.6) is 11.5 Å². The maximum absolute atomic E-state index is 13.5. The molecule has 2 aromatic carbocycles. The van der Waals surface area contributed by atoms with Crippen LogP contribution in [0, 0.1) is 6.92 Å². The zero-order chi connectivity index (χ0) is 24.6. The largest absolute Gasteiger partial charge is 0.467 e. The minimum absolute atomic E-state index is 0.119. The number of fused-ring (bicyclic) bond motifs is 1. The van der Waals surface area contributed by atoms with Crippen molar-refractivity contribution in [2.45, 2.75) is 20.0 Å². The molecular formula is C26H29N3O6. The number of benzene rings is 2. The molecule has 2 heterocycles. The van der Waals surface area contributed by atoms with Crippen molar-refractivity contribution in [3.63, 3.8) is 0 Å². The van der Waals surface area contributed by atoms with Gasteiger partial charge in [-0.3, -0.25) is 4.79 Å². The third-order valence-electron chi connectivity index (χ3n) is 5.66. The van der Waals surface area contributed by atoms with Gasteiger partial charge < -0.3 is 33.7 Å². The Bertz CT molecular complexity index is 1150. The van der Waals surface area contributed by atoms with Crippen LogP contribution in [0.3, 0.4) is 0 Å². The lowest BCUT2D eigenvalue weighted by atomic mass is 10.2. The van der Waals surface area contributed by atoms with E-state index in [1.165, 1.54) is 4.90 Å². The quantitative estimate of drug-likeness (QED) is 0.472. The number of hydrogen-bond donors (Lipinski definition) is 1. The van der Waals surface area contributed by atoms with E-state index in [1.54, 1.807) is 24.3 Å². The van der Waals surface area contributed by atoms with Crippen molar-refractivity contribution in [2.75, 3.05) is 38.9 Å². The number of nitrogens with zero attached hydrogens (tertiary/aromatic N) is 2. The first-order chi connectivity index (χ1) is 17.0. The number of furan rings is 1. The van der Waals surface area contributed by atoms with E-state index < -0.39 is 0 Å². The SMILES string of the molecule is COCCN(CC(=O)N(Cc1ccc2c(c1)OCO2)Cc1ccco1)C(=O)Nc1ccccc1C. The predicted octanol–water partition coefficient (Wildman–Crippen LogP) is 4.03. The van der Waals surface area contributed by atoms with Crippen LogP contribution < -0.4 is 14.8 Å². The molecule has 0 aliphatic carbocycles. The van der Waals surface area contributed by atoms with E-state index in [2.05, 4.69) is 5.32 Å². The number of carbonyl (C=O) groups is 2. The fourth-order valence-electron chi connectivity index (χ4n) is 3.71. The van der Waals surface area contributed by atoms with Crippen molar-refractivity contribution >= 4 is 17.6 Å². The van der Waals surface area contributed by atoms with Gasteiger partial charge in [-0.15, -0.1) is 0 Å². The highest BCUT2D eigenvalue weighted by atomic mass is 16.7. The average Bonchev–Trinajstić information content (AvgIpc) is 3.54. The molecule has 35 heavy (non-hydrogen) atoms. The summed E-state index contributed by atoms with van der Waals surface area (Å²) in [6, 6.07) is 16.3. The number of aryl methyl sites for hydroxylation is 1. The molecule has 0 atom stereocenters. The van der Waals surface area contributed by atoms with Crippen LogP contribution in [0.1, 0.15) is 16.9 Å². The highest BCUT2D eigenvalue weighted by molar-refractivity contribution is 5.93. The third-order valence-corrected chi connectivity index (χ3v) is 5.66. The van der Waals surface area contributed by atoms with Gasteiger partial charge in [0.05, 0.1) is 19.4 Å². The van der Waals surface area contributed by atoms with Gasteiger partial charge in [-0.1, -0.05) is 24.3 Å². The second kappa shape index (κ2) is 11.4. The molecule has 0 fully saturated rings. The summed E-state index contributed by atoms with van der Waals surface area (Å²) in [5.41, 5.74) is 2.50. The summed E-state index contributed by atoms with van der Waals surface area (Å²) in [4.78, 5) is 29.6. The van der Waals surface area contributed by atoms with Gasteiger partial charge in [0.1, 0.15) is 12.3 Å². The van der Waals surface area contributed by atoms with E-state index in [9.17, 15) is 9.59 Å². The molecule has 3 amide bonds. The van der Waals surface area contributed by atoms with Crippen molar-refractivity contribution in [3.05, 3.63) is 77.7 Å². The Kier molecular flexibility index (Phi) is 7.89. The Morgan fingerprint density at radius 1 is 1.00 bits per heavy atom. The molecule has 0 unspecified atom stereocenters. The number of rotatable bonds is 10. The van der Waals surface area contributed by atoms with Gasteiger partial charge in [-0.25, -0.2) is 4.79 Å². The standard InChI is InChI=1S/C26H29N3O6/c1-19-6-3-4-8-22(19)27-26(31)28(11-13-32-2)17-25(30)29(16-21-7-5-12-33-21)15-20-9-10-23-24(14-20)35-18-34-23/h3-10,12,14H,11,13,15-18H2,1-2H3,(H,27,31). The van der Waals surface area contributed by atoms with Gasteiger partial charge in [-0.05, 0) is 48.4 Å². The van der Waals surface area contributed by atoms with E-state index in [1.807, 2.05) is 55.5 Å². The number of nitrogens with one attached hydrogen (secondary N) is 1. The summed E-state index contributed by atoms with van der Waals surface area (Å²) in [6.45, 7) is 3.11. The van der Waals surface area contributed by atoms with Crippen molar-refractivity contribution in [3.8, 4) is 11.5 Å². The molecule has 9 heteroatoms. The first-order valence-corrected chi connectivity index (χ1v) is 11.3. The molecule has 0 saturated heterocycles. The summed E-state index contributed by atoms with van der Waals surface area (Å²) in [5, 5.41) is 2.90. The molecule has 1 aliphatic rings. The number of methoxy groups -OCH3 is 1. The van der Waals surface area contributed by atoms with Crippen LogP contribution in [0.25, 0.3) is 0 Å². The highest BCUT2D eigenvalue weighted by Gasteiger charge is 2.24. The number of amides is 3.